The number of hydrogen-bond donors (Lipinski definition) is 2. The Hall–Kier alpha value is -2.43. The minimum absolute atomic E-state index is 0.0993. The lowest BCUT2D eigenvalue weighted by Crippen LogP contribution is -2.31. The summed E-state index contributed by atoms with van der Waals surface area (Å²) in [5.41, 5.74) is -0.663. The highest BCUT2D eigenvalue weighted by atomic mass is 32.2. The van der Waals surface area contributed by atoms with Crippen molar-refractivity contribution >= 4 is 42.8 Å². The van der Waals surface area contributed by atoms with Gasteiger partial charge in [0.15, 0.2) is 0 Å². The molecule has 4 rings (SSSR count). The average molecular weight is 437 g/mol. The van der Waals surface area contributed by atoms with Gasteiger partial charge in [-0.25, -0.2) is 12.8 Å². The maximum atomic E-state index is 14.4. The molecule has 1 saturated heterocycles. The van der Waals surface area contributed by atoms with E-state index >= 15 is 0 Å². The van der Waals surface area contributed by atoms with Crippen molar-refractivity contribution in [3.63, 3.8) is 0 Å². The van der Waals surface area contributed by atoms with Crippen LogP contribution in [-0.2, 0) is 10.0 Å². The number of nitrogens with one attached hydrogen (secondary N) is 2. The molecule has 2 aromatic heterocycles. The van der Waals surface area contributed by atoms with Crippen LogP contribution in [0.15, 0.2) is 45.5 Å². The SMILES string of the molecule is CN(C)C1CCN(c2ccc(S(=O)(=O)Nc3cc4c(=O)[nH]ccc4cc3F)s2)C1. The number of nitrogens with zero attached hydrogens (tertiary/aromatic N) is 2. The lowest BCUT2D eigenvalue weighted by Gasteiger charge is -2.20. The first-order valence-corrected chi connectivity index (χ1v) is 11.4. The van der Waals surface area contributed by atoms with Crippen LogP contribution in [0.2, 0.25) is 0 Å². The van der Waals surface area contributed by atoms with Gasteiger partial charge in [-0.1, -0.05) is 0 Å². The lowest BCUT2D eigenvalue weighted by molar-refractivity contribution is 0.315. The van der Waals surface area contributed by atoms with Gasteiger partial charge in [0.2, 0.25) is 0 Å². The summed E-state index contributed by atoms with van der Waals surface area (Å²) in [6.45, 7) is 1.70. The van der Waals surface area contributed by atoms with Gasteiger partial charge in [-0.05, 0) is 56.2 Å². The molecule has 1 atom stereocenters. The van der Waals surface area contributed by atoms with Gasteiger partial charge in [-0.15, -0.1) is 11.3 Å². The summed E-state index contributed by atoms with van der Waals surface area (Å²) in [5, 5.41) is 1.48. The van der Waals surface area contributed by atoms with Gasteiger partial charge in [0, 0.05) is 30.7 Å². The summed E-state index contributed by atoms with van der Waals surface area (Å²) in [6.07, 6.45) is 2.43. The standard InChI is InChI=1S/C19H21FN4O3S2/c1-23(2)13-6-8-24(11-13)17-3-4-18(28-17)29(26,27)22-16-10-14-12(9-15(16)20)5-7-21-19(14)25/h3-5,7,9-10,13,22H,6,8,11H2,1-2H3,(H,21,25). The number of H-pyrrole nitrogens is 1. The van der Waals surface area contributed by atoms with E-state index in [1.165, 1.54) is 18.3 Å². The summed E-state index contributed by atoms with van der Waals surface area (Å²) >= 11 is 1.15. The largest absolute Gasteiger partial charge is 0.362 e. The van der Waals surface area contributed by atoms with E-state index in [1.54, 1.807) is 12.1 Å². The van der Waals surface area contributed by atoms with E-state index < -0.39 is 21.4 Å². The fourth-order valence-corrected chi connectivity index (χ4v) is 5.86. The number of rotatable bonds is 5. The molecule has 7 nitrogen and oxygen atoms in total. The highest BCUT2D eigenvalue weighted by Crippen LogP contribution is 2.33. The number of benzene rings is 1. The maximum Gasteiger partial charge on any atom is 0.271 e. The minimum atomic E-state index is -3.98. The molecule has 2 N–H and O–H groups in total. The quantitative estimate of drug-likeness (QED) is 0.642. The molecule has 1 unspecified atom stereocenters. The summed E-state index contributed by atoms with van der Waals surface area (Å²) < 4.78 is 42.4. The Kier molecular flexibility index (Phi) is 5.09. The van der Waals surface area contributed by atoms with Crippen LogP contribution in [0, 0.1) is 5.82 Å². The van der Waals surface area contributed by atoms with E-state index in [1.807, 2.05) is 14.1 Å². The Bertz CT molecular complexity index is 1220. The fraction of sp³-hybridized carbons (Fsp3) is 0.316. The van der Waals surface area contributed by atoms with Crippen LogP contribution < -0.4 is 15.2 Å². The van der Waals surface area contributed by atoms with Gasteiger partial charge < -0.3 is 14.8 Å². The van der Waals surface area contributed by atoms with Crippen molar-refractivity contribution < 1.29 is 12.8 Å². The number of fused-ring (bicyclic) bond motifs is 1. The summed E-state index contributed by atoms with van der Waals surface area (Å²) in [4.78, 5) is 18.8. The van der Waals surface area contributed by atoms with Crippen molar-refractivity contribution in [2.45, 2.75) is 16.7 Å². The number of thiophene rings is 1. The molecule has 1 aromatic carbocycles. The highest BCUT2D eigenvalue weighted by Gasteiger charge is 2.27. The molecule has 3 aromatic rings. The molecule has 3 heterocycles. The third-order valence-corrected chi connectivity index (χ3v) is 8.15. The zero-order valence-electron chi connectivity index (χ0n) is 16.0. The number of pyridine rings is 1. The first kappa shape index (κ1) is 19.9. The van der Waals surface area contributed by atoms with E-state index in [2.05, 4.69) is 19.5 Å². The van der Waals surface area contributed by atoms with Gasteiger partial charge in [-0.2, -0.15) is 0 Å². The van der Waals surface area contributed by atoms with Crippen molar-refractivity contribution in [2.24, 2.45) is 0 Å². The molecule has 29 heavy (non-hydrogen) atoms. The molecular formula is C19H21FN4O3S2. The van der Waals surface area contributed by atoms with Gasteiger partial charge in [0.05, 0.1) is 10.7 Å². The second kappa shape index (κ2) is 7.43. The van der Waals surface area contributed by atoms with Gasteiger partial charge in [0.1, 0.15) is 10.0 Å². The predicted molar refractivity (Wildman–Crippen MR) is 114 cm³/mol. The third kappa shape index (κ3) is 3.87. The Labute approximate surface area is 171 Å². The van der Waals surface area contributed by atoms with Crippen LogP contribution >= 0.6 is 11.3 Å². The topological polar surface area (TPSA) is 85.5 Å². The summed E-state index contributed by atoms with van der Waals surface area (Å²) in [7, 11) is 0.0899. The van der Waals surface area contributed by atoms with Crippen LogP contribution in [0.3, 0.4) is 0 Å². The Balaban J connectivity index is 1.60. The van der Waals surface area contributed by atoms with Crippen LogP contribution in [0.4, 0.5) is 15.1 Å². The fourth-order valence-electron chi connectivity index (χ4n) is 3.47. The number of likely N-dealkylation sites (N-methyl/N-ethyl adjacent to an activating group) is 1. The number of aromatic amines is 1. The molecule has 0 aliphatic carbocycles. The van der Waals surface area contributed by atoms with Crippen molar-refractivity contribution in [3.05, 3.63) is 52.7 Å². The van der Waals surface area contributed by atoms with Crippen LogP contribution in [0.25, 0.3) is 10.8 Å². The van der Waals surface area contributed by atoms with Crippen molar-refractivity contribution in [1.82, 2.24) is 9.88 Å². The zero-order valence-corrected chi connectivity index (χ0v) is 17.6. The number of sulfonamides is 1. The third-order valence-electron chi connectivity index (χ3n) is 5.14. The molecule has 10 heteroatoms. The number of aromatic nitrogens is 1. The van der Waals surface area contributed by atoms with E-state index in [-0.39, 0.29) is 15.3 Å². The number of halogens is 1. The van der Waals surface area contributed by atoms with E-state index in [4.69, 9.17) is 0 Å². The molecule has 0 saturated carbocycles. The molecule has 1 aliphatic heterocycles. The van der Waals surface area contributed by atoms with Crippen LogP contribution in [-0.4, -0.2) is 51.5 Å². The minimum Gasteiger partial charge on any atom is -0.362 e. The second-order valence-corrected chi connectivity index (χ2v) is 10.2. The number of anilines is 2. The molecule has 1 aliphatic rings. The van der Waals surface area contributed by atoms with Crippen LogP contribution in [0.5, 0.6) is 0 Å². The van der Waals surface area contributed by atoms with E-state index in [0.717, 1.165) is 41.9 Å². The maximum absolute atomic E-state index is 14.4. The van der Waals surface area contributed by atoms with Gasteiger partial charge in [-0.3, -0.25) is 9.52 Å². The first-order valence-electron chi connectivity index (χ1n) is 9.09. The Morgan fingerprint density at radius 2 is 2.07 bits per heavy atom. The van der Waals surface area contributed by atoms with Crippen molar-refractivity contribution in [2.75, 3.05) is 36.8 Å². The number of hydrogen-bond acceptors (Lipinski definition) is 6. The van der Waals surface area contributed by atoms with Crippen molar-refractivity contribution in [1.29, 1.82) is 0 Å². The molecular weight excluding hydrogens is 415 g/mol. The summed E-state index contributed by atoms with van der Waals surface area (Å²) in [5.74, 6) is -0.739. The zero-order chi connectivity index (χ0) is 20.8. The normalized spacial score (nSPS) is 17.4. The molecule has 0 bridgehead atoms. The monoisotopic (exact) mass is 436 g/mol. The molecule has 154 valence electrons. The second-order valence-electron chi connectivity index (χ2n) is 7.28. The van der Waals surface area contributed by atoms with E-state index in [9.17, 15) is 17.6 Å². The molecule has 1 fully saturated rings. The molecule has 0 radical (unpaired) electrons. The smallest absolute Gasteiger partial charge is 0.271 e. The highest BCUT2D eigenvalue weighted by molar-refractivity contribution is 7.94. The first-order chi connectivity index (χ1) is 13.7. The lowest BCUT2D eigenvalue weighted by atomic mass is 10.1. The average Bonchev–Trinajstić information content (AvgIpc) is 3.32. The molecule has 0 amide bonds. The Morgan fingerprint density at radius 3 is 2.79 bits per heavy atom. The Morgan fingerprint density at radius 1 is 1.28 bits per heavy atom. The van der Waals surface area contributed by atoms with Gasteiger partial charge >= 0.3 is 0 Å². The van der Waals surface area contributed by atoms with Crippen molar-refractivity contribution in [3.8, 4) is 0 Å². The predicted octanol–water partition coefficient (Wildman–Crippen LogP) is 2.67. The van der Waals surface area contributed by atoms with Crippen LogP contribution in [0.1, 0.15) is 6.42 Å². The summed E-state index contributed by atoms with van der Waals surface area (Å²) in [6, 6.07) is 7.65. The van der Waals surface area contributed by atoms with E-state index in [0.29, 0.717) is 11.4 Å². The molecule has 0 spiro atoms. The van der Waals surface area contributed by atoms with Gasteiger partial charge in [0.25, 0.3) is 15.6 Å².